The van der Waals surface area contributed by atoms with E-state index in [-0.39, 0.29) is 6.61 Å². The van der Waals surface area contributed by atoms with E-state index >= 15 is 0 Å². The summed E-state index contributed by atoms with van der Waals surface area (Å²) in [5.41, 5.74) is 1.47. The van der Waals surface area contributed by atoms with Gasteiger partial charge in [0.15, 0.2) is 0 Å². The SMILES string of the molecule is CC(/C=C/C1C(C)CCCC1(C)C)=C\C=C\CCCOC(=O)C(F)(F)F. The van der Waals surface area contributed by atoms with Crippen molar-refractivity contribution in [3.63, 3.8) is 0 Å². The van der Waals surface area contributed by atoms with Crippen LogP contribution < -0.4 is 0 Å². The lowest BCUT2D eigenvalue weighted by atomic mass is 9.64. The Morgan fingerprint density at radius 1 is 1.31 bits per heavy atom. The van der Waals surface area contributed by atoms with Crippen molar-refractivity contribution >= 4 is 5.97 Å². The van der Waals surface area contributed by atoms with E-state index in [0.29, 0.717) is 30.1 Å². The molecule has 0 spiro atoms. The van der Waals surface area contributed by atoms with Crippen LogP contribution in [0.2, 0.25) is 0 Å². The van der Waals surface area contributed by atoms with Crippen molar-refractivity contribution in [3.05, 3.63) is 36.0 Å². The number of allylic oxidation sites excluding steroid dienone is 6. The molecule has 0 saturated heterocycles. The van der Waals surface area contributed by atoms with E-state index in [1.165, 1.54) is 19.3 Å². The van der Waals surface area contributed by atoms with Crippen LogP contribution in [-0.2, 0) is 9.53 Å². The van der Waals surface area contributed by atoms with Crippen LogP contribution in [0.15, 0.2) is 36.0 Å². The van der Waals surface area contributed by atoms with E-state index < -0.39 is 12.1 Å². The van der Waals surface area contributed by atoms with Gasteiger partial charge in [-0.3, -0.25) is 0 Å². The second-order valence-corrected chi connectivity index (χ2v) is 7.86. The number of ether oxygens (including phenoxy) is 1. The van der Waals surface area contributed by atoms with Gasteiger partial charge >= 0.3 is 12.1 Å². The molecule has 1 fully saturated rings. The molecule has 1 aliphatic carbocycles. The summed E-state index contributed by atoms with van der Waals surface area (Å²) < 4.78 is 40.0. The minimum Gasteiger partial charge on any atom is -0.459 e. The van der Waals surface area contributed by atoms with Crippen molar-refractivity contribution in [2.75, 3.05) is 6.61 Å². The Labute approximate surface area is 155 Å². The van der Waals surface area contributed by atoms with Gasteiger partial charge in [-0.2, -0.15) is 13.2 Å². The number of alkyl halides is 3. The maximum Gasteiger partial charge on any atom is 0.490 e. The molecule has 0 N–H and O–H groups in total. The lowest BCUT2D eigenvalue weighted by Gasteiger charge is -2.41. The fourth-order valence-electron chi connectivity index (χ4n) is 3.52. The van der Waals surface area contributed by atoms with Gasteiger partial charge in [-0.25, -0.2) is 4.79 Å². The van der Waals surface area contributed by atoms with E-state index in [4.69, 9.17) is 0 Å². The number of hydrogen-bond acceptors (Lipinski definition) is 2. The molecule has 0 heterocycles. The first-order valence-corrected chi connectivity index (χ1v) is 9.29. The van der Waals surface area contributed by atoms with E-state index in [1.807, 2.05) is 25.2 Å². The van der Waals surface area contributed by atoms with Gasteiger partial charge < -0.3 is 4.74 Å². The lowest BCUT2D eigenvalue weighted by Crippen LogP contribution is -2.32. The first-order valence-electron chi connectivity index (χ1n) is 9.29. The summed E-state index contributed by atoms with van der Waals surface area (Å²) in [6.07, 6.45) is 10.1. The molecule has 2 nitrogen and oxygen atoms in total. The number of unbranched alkanes of at least 4 members (excludes halogenated alkanes) is 1. The number of carbonyl (C=O) groups is 1. The van der Waals surface area contributed by atoms with Crippen LogP contribution in [0.1, 0.15) is 59.8 Å². The average molecular weight is 372 g/mol. The molecular weight excluding hydrogens is 341 g/mol. The summed E-state index contributed by atoms with van der Waals surface area (Å²) in [5, 5.41) is 0. The van der Waals surface area contributed by atoms with Gasteiger partial charge in [-0.15, -0.1) is 0 Å². The van der Waals surface area contributed by atoms with Crippen molar-refractivity contribution in [2.45, 2.75) is 66.0 Å². The van der Waals surface area contributed by atoms with Crippen molar-refractivity contribution in [1.29, 1.82) is 0 Å². The van der Waals surface area contributed by atoms with Gasteiger partial charge in [-0.1, -0.05) is 69.6 Å². The molecule has 2 unspecified atom stereocenters. The normalized spacial score (nSPS) is 24.3. The lowest BCUT2D eigenvalue weighted by molar-refractivity contribution is -0.199. The van der Waals surface area contributed by atoms with E-state index in [1.54, 1.807) is 0 Å². The highest BCUT2D eigenvalue weighted by molar-refractivity contribution is 5.75. The van der Waals surface area contributed by atoms with Gasteiger partial charge in [0.25, 0.3) is 0 Å². The molecule has 5 heteroatoms. The van der Waals surface area contributed by atoms with Crippen molar-refractivity contribution < 1.29 is 22.7 Å². The third kappa shape index (κ3) is 7.79. The molecule has 0 radical (unpaired) electrons. The Kier molecular flexibility index (Phi) is 8.65. The molecule has 0 amide bonds. The molecular formula is C21H31F3O2. The zero-order valence-corrected chi connectivity index (χ0v) is 16.2. The Hall–Kier alpha value is -1.52. The molecule has 26 heavy (non-hydrogen) atoms. The quantitative estimate of drug-likeness (QED) is 0.294. The maximum absolute atomic E-state index is 11.9. The number of hydrogen-bond donors (Lipinski definition) is 0. The molecule has 0 aliphatic heterocycles. The Bertz CT molecular complexity index is 542. The smallest absolute Gasteiger partial charge is 0.459 e. The van der Waals surface area contributed by atoms with Crippen LogP contribution in [0, 0.1) is 17.3 Å². The number of carbonyl (C=O) groups excluding carboxylic acids is 1. The topological polar surface area (TPSA) is 26.3 Å². The second kappa shape index (κ2) is 9.98. The zero-order chi connectivity index (χ0) is 19.8. The van der Waals surface area contributed by atoms with Gasteiger partial charge in [0.05, 0.1) is 6.61 Å². The highest BCUT2D eigenvalue weighted by Gasteiger charge is 2.40. The second-order valence-electron chi connectivity index (χ2n) is 7.86. The third-order valence-corrected chi connectivity index (χ3v) is 5.04. The van der Waals surface area contributed by atoms with Crippen molar-refractivity contribution in [2.24, 2.45) is 17.3 Å². The van der Waals surface area contributed by atoms with E-state index in [9.17, 15) is 18.0 Å². The van der Waals surface area contributed by atoms with E-state index in [2.05, 4.69) is 37.7 Å². The summed E-state index contributed by atoms with van der Waals surface area (Å²) in [6.45, 7) is 8.80. The first-order chi connectivity index (χ1) is 12.0. The Morgan fingerprint density at radius 3 is 2.62 bits per heavy atom. The summed E-state index contributed by atoms with van der Waals surface area (Å²) in [4.78, 5) is 10.5. The minimum absolute atomic E-state index is 0.222. The Balaban J connectivity index is 2.36. The monoisotopic (exact) mass is 372 g/mol. The van der Waals surface area contributed by atoms with Crippen LogP contribution in [0.3, 0.4) is 0 Å². The summed E-state index contributed by atoms with van der Waals surface area (Å²) >= 11 is 0. The molecule has 1 rings (SSSR count). The molecule has 1 aliphatic rings. The predicted octanol–water partition coefficient (Wildman–Crippen LogP) is 6.39. The van der Waals surface area contributed by atoms with Gasteiger partial charge in [-0.05, 0) is 43.4 Å². The molecule has 0 bridgehead atoms. The molecule has 148 valence electrons. The first kappa shape index (κ1) is 22.5. The third-order valence-electron chi connectivity index (χ3n) is 5.04. The summed E-state index contributed by atoms with van der Waals surface area (Å²) in [7, 11) is 0. The van der Waals surface area contributed by atoms with Crippen LogP contribution in [0.4, 0.5) is 13.2 Å². The van der Waals surface area contributed by atoms with Crippen LogP contribution >= 0.6 is 0 Å². The molecule has 0 aromatic rings. The average Bonchev–Trinajstić information content (AvgIpc) is 2.51. The minimum atomic E-state index is -4.91. The van der Waals surface area contributed by atoms with Crippen LogP contribution in [0.25, 0.3) is 0 Å². The number of halogens is 3. The van der Waals surface area contributed by atoms with Crippen LogP contribution in [-0.4, -0.2) is 18.8 Å². The molecule has 2 atom stereocenters. The highest BCUT2D eigenvalue weighted by atomic mass is 19.4. The number of rotatable bonds is 7. The van der Waals surface area contributed by atoms with E-state index in [0.717, 1.165) is 5.57 Å². The zero-order valence-electron chi connectivity index (χ0n) is 16.2. The standard InChI is InChI=1S/C21H31F3O2/c1-16(12-13-18-17(2)11-9-14-20(18,3)4)10-7-5-6-8-15-26-19(25)21(22,23)24/h5,7,10,12-13,17-18H,6,8-9,11,14-15H2,1-4H3/b7-5+,13-12+,16-10+. The fraction of sp³-hybridized carbons (Fsp3) is 0.667. The summed E-state index contributed by atoms with van der Waals surface area (Å²) in [6, 6.07) is 0. The molecule has 0 aromatic carbocycles. The largest absolute Gasteiger partial charge is 0.490 e. The molecule has 1 saturated carbocycles. The fourth-order valence-corrected chi connectivity index (χ4v) is 3.52. The highest BCUT2D eigenvalue weighted by Crippen LogP contribution is 2.44. The predicted molar refractivity (Wildman–Crippen MR) is 98.6 cm³/mol. The van der Waals surface area contributed by atoms with Crippen molar-refractivity contribution in [3.8, 4) is 0 Å². The van der Waals surface area contributed by atoms with Crippen molar-refractivity contribution in [1.82, 2.24) is 0 Å². The van der Waals surface area contributed by atoms with Gasteiger partial charge in [0, 0.05) is 0 Å². The summed E-state index contributed by atoms with van der Waals surface area (Å²) in [5.74, 6) is -0.855. The molecule has 0 aromatic heterocycles. The van der Waals surface area contributed by atoms with Gasteiger partial charge in [0.2, 0.25) is 0 Å². The van der Waals surface area contributed by atoms with Gasteiger partial charge in [0.1, 0.15) is 0 Å². The maximum atomic E-state index is 11.9. The van der Waals surface area contributed by atoms with Crippen LogP contribution in [0.5, 0.6) is 0 Å². The Morgan fingerprint density at radius 2 is 2.00 bits per heavy atom. The number of esters is 1.